The van der Waals surface area contributed by atoms with E-state index in [2.05, 4.69) is 19.2 Å². The Morgan fingerprint density at radius 2 is 1.68 bits per heavy atom. The lowest BCUT2D eigenvalue weighted by molar-refractivity contribution is 0.102. The van der Waals surface area contributed by atoms with Crippen LogP contribution in [0.4, 0.5) is 5.69 Å². The first-order chi connectivity index (χ1) is 10.3. The Morgan fingerprint density at radius 1 is 1.05 bits per heavy atom. The number of benzene rings is 2. The first-order valence-electron chi connectivity index (χ1n) is 6.99. The van der Waals surface area contributed by atoms with Crippen LogP contribution in [0.15, 0.2) is 53.4 Å². The minimum atomic E-state index is -3.25. The molecule has 2 rings (SSSR count). The van der Waals surface area contributed by atoms with Gasteiger partial charge in [-0.05, 0) is 47.9 Å². The Kier molecular flexibility index (Phi) is 4.66. The molecule has 0 fully saturated rings. The summed E-state index contributed by atoms with van der Waals surface area (Å²) in [6.45, 7) is 4.18. The van der Waals surface area contributed by atoms with Crippen LogP contribution >= 0.6 is 0 Å². The van der Waals surface area contributed by atoms with Crippen LogP contribution in [-0.2, 0) is 9.84 Å². The van der Waals surface area contributed by atoms with E-state index in [9.17, 15) is 13.2 Å². The first-order valence-corrected chi connectivity index (χ1v) is 8.88. The zero-order valence-corrected chi connectivity index (χ0v) is 13.6. The van der Waals surface area contributed by atoms with Crippen molar-refractivity contribution in [1.82, 2.24) is 0 Å². The van der Waals surface area contributed by atoms with E-state index in [0.29, 0.717) is 11.5 Å². The third kappa shape index (κ3) is 3.95. The second kappa shape index (κ2) is 6.32. The molecule has 0 heterocycles. The summed E-state index contributed by atoms with van der Waals surface area (Å²) in [6.07, 6.45) is 1.14. The topological polar surface area (TPSA) is 63.2 Å². The molecular formula is C17H19NO3S. The Bertz CT molecular complexity index is 778. The molecule has 0 saturated carbocycles. The molecule has 0 aliphatic rings. The Balaban J connectivity index is 2.17. The van der Waals surface area contributed by atoms with Crippen molar-refractivity contribution in [3.05, 3.63) is 59.7 Å². The highest BCUT2D eigenvalue weighted by Gasteiger charge is 2.10. The summed E-state index contributed by atoms with van der Waals surface area (Å²) in [5, 5.41) is 2.82. The molecule has 4 nitrogen and oxygen atoms in total. The van der Waals surface area contributed by atoms with Crippen LogP contribution in [0.1, 0.15) is 35.7 Å². The highest BCUT2D eigenvalue weighted by atomic mass is 32.2. The fourth-order valence-corrected chi connectivity index (χ4v) is 2.66. The highest BCUT2D eigenvalue weighted by Crippen LogP contribution is 2.19. The first kappa shape index (κ1) is 16.2. The van der Waals surface area contributed by atoms with E-state index < -0.39 is 9.84 Å². The molecule has 0 radical (unpaired) electrons. The Hall–Kier alpha value is -2.14. The molecular weight excluding hydrogens is 298 g/mol. The van der Waals surface area contributed by atoms with Crippen molar-refractivity contribution in [2.24, 2.45) is 0 Å². The number of carbonyl (C=O) groups is 1. The molecule has 5 heteroatoms. The van der Waals surface area contributed by atoms with Gasteiger partial charge in [-0.25, -0.2) is 8.42 Å². The summed E-state index contributed by atoms with van der Waals surface area (Å²) < 4.78 is 22.8. The number of nitrogens with one attached hydrogen (secondary N) is 1. The van der Waals surface area contributed by atoms with Gasteiger partial charge in [0.25, 0.3) is 5.91 Å². The normalized spacial score (nSPS) is 11.5. The van der Waals surface area contributed by atoms with Gasteiger partial charge in [0, 0.05) is 17.5 Å². The molecule has 1 amide bonds. The molecule has 0 unspecified atom stereocenters. The van der Waals surface area contributed by atoms with Crippen molar-refractivity contribution in [1.29, 1.82) is 0 Å². The van der Waals surface area contributed by atoms with Crippen molar-refractivity contribution in [2.45, 2.75) is 24.7 Å². The lowest BCUT2D eigenvalue weighted by Gasteiger charge is -2.10. The van der Waals surface area contributed by atoms with Crippen LogP contribution in [0.25, 0.3) is 0 Å². The molecule has 2 aromatic rings. The van der Waals surface area contributed by atoms with E-state index in [1.54, 1.807) is 0 Å². The average Bonchev–Trinajstić information content (AvgIpc) is 2.46. The van der Waals surface area contributed by atoms with Gasteiger partial charge in [-0.2, -0.15) is 0 Å². The summed E-state index contributed by atoms with van der Waals surface area (Å²) in [5.74, 6) is 0.117. The largest absolute Gasteiger partial charge is 0.322 e. The third-order valence-electron chi connectivity index (χ3n) is 3.36. The second-order valence-corrected chi connectivity index (χ2v) is 7.55. The number of anilines is 1. The van der Waals surface area contributed by atoms with Gasteiger partial charge in [-0.1, -0.05) is 26.0 Å². The van der Waals surface area contributed by atoms with E-state index in [0.717, 1.165) is 17.5 Å². The molecule has 0 aliphatic carbocycles. The van der Waals surface area contributed by atoms with E-state index >= 15 is 0 Å². The van der Waals surface area contributed by atoms with Crippen LogP contribution in [0.5, 0.6) is 0 Å². The summed E-state index contributed by atoms with van der Waals surface area (Å²) >= 11 is 0. The van der Waals surface area contributed by atoms with Gasteiger partial charge in [0.1, 0.15) is 0 Å². The molecule has 0 atom stereocenters. The Labute approximate surface area is 131 Å². The van der Waals surface area contributed by atoms with Gasteiger partial charge in [-0.15, -0.1) is 0 Å². The summed E-state index contributed by atoms with van der Waals surface area (Å²) in [6, 6.07) is 13.6. The molecule has 1 N–H and O–H groups in total. The average molecular weight is 317 g/mol. The molecule has 2 aromatic carbocycles. The predicted molar refractivity (Wildman–Crippen MR) is 88.0 cm³/mol. The van der Waals surface area contributed by atoms with Gasteiger partial charge in [0.15, 0.2) is 9.84 Å². The minimum Gasteiger partial charge on any atom is -0.322 e. The second-order valence-electron chi connectivity index (χ2n) is 5.53. The monoisotopic (exact) mass is 317 g/mol. The van der Waals surface area contributed by atoms with Crippen molar-refractivity contribution < 1.29 is 13.2 Å². The maximum atomic E-state index is 12.2. The smallest absolute Gasteiger partial charge is 0.255 e. The number of hydrogen-bond donors (Lipinski definition) is 1. The van der Waals surface area contributed by atoms with Gasteiger partial charge < -0.3 is 5.32 Å². The summed E-state index contributed by atoms with van der Waals surface area (Å²) in [7, 11) is -3.25. The summed E-state index contributed by atoms with van der Waals surface area (Å²) in [5.41, 5.74) is 2.29. The van der Waals surface area contributed by atoms with Crippen LogP contribution < -0.4 is 5.32 Å². The zero-order valence-electron chi connectivity index (χ0n) is 12.8. The number of amides is 1. The Morgan fingerprint density at radius 3 is 2.23 bits per heavy atom. The lowest BCUT2D eigenvalue weighted by atomic mass is 10.0. The third-order valence-corrected chi connectivity index (χ3v) is 4.48. The molecule has 0 bridgehead atoms. The maximum Gasteiger partial charge on any atom is 0.255 e. The van der Waals surface area contributed by atoms with Crippen molar-refractivity contribution in [3.63, 3.8) is 0 Å². The molecule has 116 valence electrons. The van der Waals surface area contributed by atoms with E-state index in [1.165, 1.54) is 24.3 Å². The number of rotatable bonds is 4. The van der Waals surface area contributed by atoms with Crippen LogP contribution in [-0.4, -0.2) is 20.6 Å². The van der Waals surface area contributed by atoms with Gasteiger partial charge >= 0.3 is 0 Å². The van der Waals surface area contributed by atoms with E-state index in [4.69, 9.17) is 0 Å². The molecule has 0 aliphatic heterocycles. The number of sulfone groups is 1. The molecule has 0 spiro atoms. The standard InChI is InChI=1S/C17H19NO3S/c1-12(2)14-5-4-6-15(11-14)18-17(19)13-7-9-16(10-8-13)22(3,20)21/h4-12H,1-3H3,(H,18,19). The lowest BCUT2D eigenvalue weighted by Crippen LogP contribution is -2.12. The minimum absolute atomic E-state index is 0.200. The van der Waals surface area contributed by atoms with Crippen molar-refractivity contribution in [3.8, 4) is 0 Å². The molecule has 22 heavy (non-hydrogen) atoms. The maximum absolute atomic E-state index is 12.2. The molecule has 0 saturated heterocycles. The molecule has 0 aromatic heterocycles. The van der Waals surface area contributed by atoms with E-state index in [-0.39, 0.29) is 10.8 Å². The van der Waals surface area contributed by atoms with Crippen LogP contribution in [0.3, 0.4) is 0 Å². The number of hydrogen-bond acceptors (Lipinski definition) is 3. The fraction of sp³-hybridized carbons (Fsp3) is 0.235. The quantitative estimate of drug-likeness (QED) is 0.939. The van der Waals surface area contributed by atoms with Crippen LogP contribution in [0, 0.1) is 0 Å². The SMILES string of the molecule is CC(C)c1cccc(NC(=O)c2ccc(S(C)(=O)=O)cc2)c1. The predicted octanol–water partition coefficient (Wildman–Crippen LogP) is 3.47. The summed E-state index contributed by atoms with van der Waals surface area (Å²) in [4.78, 5) is 12.4. The van der Waals surface area contributed by atoms with Crippen LogP contribution in [0.2, 0.25) is 0 Å². The number of carbonyl (C=O) groups excluding carboxylic acids is 1. The zero-order chi connectivity index (χ0) is 16.3. The highest BCUT2D eigenvalue weighted by molar-refractivity contribution is 7.90. The fourth-order valence-electron chi connectivity index (χ4n) is 2.03. The van der Waals surface area contributed by atoms with E-state index in [1.807, 2.05) is 24.3 Å². The van der Waals surface area contributed by atoms with Crippen molar-refractivity contribution in [2.75, 3.05) is 11.6 Å². The van der Waals surface area contributed by atoms with Crippen molar-refractivity contribution >= 4 is 21.4 Å². The van der Waals surface area contributed by atoms with Gasteiger partial charge in [-0.3, -0.25) is 4.79 Å². The van der Waals surface area contributed by atoms with Gasteiger partial charge in [0.2, 0.25) is 0 Å². The van der Waals surface area contributed by atoms with Gasteiger partial charge in [0.05, 0.1) is 4.90 Å².